The van der Waals surface area contributed by atoms with Crippen LogP contribution in [0.3, 0.4) is 0 Å². The summed E-state index contributed by atoms with van der Waals surface area (Å²) in [6.45, 7) is 7.34. The predicted octanol–water partition coefficient (Wildman–Crippen LogP) is 2.29. The van der Waals surface area contributed by atoms with Crippen LogP contribution in [0.1, 0.15) is 12.3 Å². The highest BCUT2D eigenvalue weighted by Crippen LogP contribution is 2.19. The van der Waals surface area contributed by atoms with Gasteiger partial charge in [0.1, 0.15) is 0 Å². The van der Waals surface area contributed by atoms with E-state index in [1.54, 1.807) is 0 Å². The molecule has 4 rings (SSSR count). The molecule has 1 aromatic heterocycles. The molecule has 0 aliphatic carbocycles. The Kier molecular flexibility index (Phi) is 6.30. The van der Waals surface area contributed by atoms with Crippen LogP contribution >= 0.6 is 24.0 Å². The van der Waals surface area contributed by atoms with Gasteiger partial charge < -0.3 is 9.84 Å². The zero-order valence-corrected chi connectivity index (χ0v) is 15.6. The minimum absolute atomic E-state index is 0. The maximum absolute atomic E-state index is 5.91. The van der Waals surface area contributed by atoms with E-state index >= 15 is 0 Å². The zero-order valence-electron chi connectivity index (χ0n) is 14.0. The fourth-order valence-corrected chi connectivity index (χ4v) is 3.59. The quantitative estimate of drug-likeness (QED) is 0.873. The highest BCUT2D eigenvalue weighted by Gasteiger charge is 2.26. The van der Waals surface area contributed by atoms with Gasteiger partial charge in [0, 0.05) is 49.4 Å². The molecule has 1 atom stereocenters. The number of nitrogens with one attached hydrogen (secondary N) is 1. The van der Waals surface area contributed by atoms with Gasteiger partial charge >= 0.3 is 0 Å². The lowest BCUT2D eigenvalue weighted by molar-refractivity contribution is 0.0908. The van der Waals surface area contributed by atoms with Gasteiger partial charge in [-0.3, -0.25) is 9.80 Å². The van der Waals surface area contributed by atoms with E-state index in [1.807, 2.05) is 24.3 Å². The van der Waals surface area contributed by atoms with Gasteiger partial charge in [0.15, 0.2) is 0 Å². The van der Waals surface area contributed by atoms with Crippen LogP contribution in [-0.2, 0) is 6.54 Å². The van der Waals surface area contributed by atoms with Crippen LogP contribution in [0.5, 0.6) is 0 Å². The van der Waals surface area contributed by atoms with Gasteiger partial charge in [-0.2, -0.15) is 4.98 Å². The summed E-state index contributed by atoms with van der Waals surface area (Å²) in [7, 11) is 0. The molecule has 0 spiro atoms. The van der Waals surface area contributed by atoms with Gasteiger partial charge in [0.2, 0.25) is 11.7 Å². The lowest BCUT2D eigenvalue weighted by atomic mass is 10.2. The molecular formula is C17H23Cl2N5O. The number of hydrogen-bond acceptors (Lipinski definition) is 6. The SMILES string of the molecule is Cl.Clc1ccc(-c2noc(CN3CCN(C4CCNC4)CC3)n2)cc1. The molecule has 1 aromatic carbocycles. The first-order valence-corrected chi connectivity index (χ1v) is 8.91. The van der Waals surface area contributed by atoms with Crippen molar-refractivity contribution in [3.63, 3.8) is 0 Å². The molecule has 0 radical (unpaired) electrons. The third-order valence-corrected chi connectivity index (χ3v) is 5.14. The smallest absolute Gasteiger partial charge is 0.241 e. The molecule has 2 aliphatic rings. The van der Waals surface area contributed by atoms with Gasteiger partial charge in [0.05, 0.1) is 6.54 Å². The standard InChI is InChI=1S/C17H22ClN5O.ClH/c18-14-3-1-13(2-4-14)17-20-16(24-21-17)12-22-7-9-23(10-8-22)15-5-6-19-11-15;/h1-4,15,19H,5-12H2;1H. The molecule has 8 heteroatoms. The topological polar surface area (TPSA) is 57.4 Å². The summed E-state index contributed by atoms with van der Waals surface area (Å²) in [4.78, 5) is 9.50. The Labute approximate surface area is 158 Å². The molecule has 2 aromatic rings. The third kappa shape index (κ3) is 4.51. The summed E-state index contributed by atoms with van der Waals surface area (Å²) in [6, 6.07) is 8.21. The van der Waals surface area contributed by atoms with Crippen molar-refractivity contribution in [2.24, 2.45) is 0 Å². The van der Waals surface area contributed by atoms with Gasteiger partial charge in [-0.25, -0.2) is 0 Å². The van der Waals surface area contributed by atoms with E-state index in [0.717, 1.165) is 51.4 Å². The van der Waals surface area contributed by atoms with E-state index < -0.39 is 0 Å². The molecule has 0 amide bonds. The lowest BCUT2D eigenvalue weighted by Gasteiger charge is -2.37. The second kappa shape index (κ2) is 8.47. The van der Waals surface area contributed by atoms with Crippen molar-refractivity contribution in [1.29, 1.82) is 0 Å². The van der Waals surface area contributed by atoms with Crippen LogP contribution in [-0.4, -0.2) is 65.3 Å². The Balaban J connectivity index is 0.00000182. The van der Waals surface area contributed by atoms with E-state index in [-0.39, 0.29) is 12.4 Å². The zero-order chi connectivity index (χ0) is 16.4. The minimum atomic E-state index is 0. The molecule has 0 saturated carbocycles. The second-order valence-corrected chi connectivity index (χ2v) is 6.91. The van der Waals surface area contributed by atoms with Crippen molar-refractivity contribution in [2.75, 3.05) is 39.3 Å². The number of aromatic nitrogens is 2. The normalized spacial score (nSPS) is 22.0. The van der Waals surface area contributed by atoms with Crippen molar-refractivity contribution in [3.8, 4) is 11.4 Å². The first-order chi connectivity index (χ1) is 11.8. The molecule has 2 aliphatic heterocycles. The van der Waals surface area contributed by atoms with Gasteiger partial charge in [0.25, 0.3) is 0 Å². The number of halogens is 2. The van der Waals surface area contributed by atoms with Crippen molar-refractivity contribution < 1.29 is 4.52 Å². The van der Waals surface area contributed by atoms with Crippen molar-refractivity contribution in [1.82, 2.24) is 25.3 Å². The monoisotopic (exact) mass is 383 g/mol. The summed E-state index contributed by atoms with van der Waals surface area (Å²) < 4.78 is 5.42. The van der Waals surface area contributed by atoms with E-state index in [4.69, 9.17) is 16.1 Å². The molecule has 3 heterocycles. The van der Waals surface area contributed by atoms with E-state index in [2.05, 4.69) is 25.3 Å². The summed E-state index contributed by atoms with van der Waals surface area (Å²) >= 11 is 5.91. The number of benzene rings is 1. The Morgan fingerprint density at radius 2 is 1.92 bits per heavy atom. The van der Waals surface area contributed by atoms with Crippen molar-refractivity contribution in [2.45, 2.75) is 19.0 Å². The molecule has 1 unspecified atom stereocenters. The number of rotatable bonds is 4. The van der Waals surface area contributed by atoms with Gasteiger partial charge in [-0.1, -0.05) is 16.8 Å². The van der Waals surface area contributed by atoms with E-state index in [0.29, 0.717) is 22.8 Å². The van der Waals surface area contributed by atoms with E-state index in [9.17, 15) is 0 Å². The molecule has 2 saturated heterocycles. The summed E-state index contributed by atoms with van der Waals surface area (Å²) in [5.74, 6) is 1.30. The highest BCUT2D eigenvalue weighted by atomic mass is 35.5. The van der Waals surface area contributed by atoms with Crippen LogP contribution in [0, 0.1) is 0 Å². The molecule has 136 valence electrons. The van der Waals surface area contributed by atoms with Crippen molar-refractivity contribution >= 4 is 24.0 Å². The van der Waals surface area contributed by atoms with Crippen LogP contribution < -0.4 is 5.32 Å². The largest absolute Gasteiger partial charge is 0.338 e. The first kappa shape index (κ1) is 18.6. The molecule has 1 N–H and O–H groups in total. The van der Waals surface area contributed by atoms with Crippen molar-refractivity contribution in [3.05, 3.63) is 35.2 Å². The molecule has 25 heavy (non-hydrogen) atoms. The maximum Gasteiger partial charge on any atom is 0.241 e. The molecular weight excluding hydrogens is 361 g/mol. The number of nitrogens with zero attached hydrogens (tertiary/aromatic N) is 4. The first-order valence-electron chi connectivity index (χ1n) is 8.53. The van der Waals surface area contributed by atoms with Crippen LogP contribution in [0.2, 0.25) is 5.02 Å². The fourth-order valence-electron chi connectivity index (χ4n) is 3.46. The minimum Gasteiger partial charge on any atom is -0.338 e. The number of hydrogen-bond donors (Lipinski definition) is 1. The third-order valence-electron chi connectivity index (χ3n) is 4.89. The van der Waals surface area contributed by atoms with Gasteiger partial charge in [-0.05, 0) is 37.2 Å². The Hall–Kier alpha value is -1.18. The second-order valence-electron chi connectivity index (χ2n) is 6.48. The maximum atomic E-state index is 5.91. The highest BCUT2D eigenvalue weighted by molar-refractivity contribution is 6.30. The van der Waals surface area contributed by atoms with Crippen LogP contribution in [0.4, 0.5) is 0 Å². The molecule has 0 bridgehead atoms. The summed E-state index contributed by atoms with van der Waals surface area (Å²) in [6.07, 6.45) is 1.27. The van der Waals surface area contributed by atoms with E-state index in [1.165, 1.54) is 6.42 Å². The Morgan fingerprint density at radius 3 is 2.60 bits per heavy atom. The number of piperazine rings is 1. The van der Waals surface area contributed by atoms with Gasteiger partial charge in [-0.15, -0.1) is 12.4 Å². The van der Waals surface area contributed by atoms with Crippen LogP contribution in [0.25, 0.3) is 11.4 Å². The summed E-state index contributed by atoms with van der Waals surface area (Å²) in [5.41, 5.74) is 0.924. The molecule has 6 nitrogen and oxygen atoms in total. The molecule has 2 fully saturated rings. The Morgan fingerprint density at radius 1 is 1.16 bits per heavy atom. The Bertz CT molecular complexity index is 664. The fraction of sp³-hybridized carbons (Fsp3) is 0.529. The van der Waals surface area contributed by atoms with Crippen LogP contribution in [0.15, 0.2) is 28.8 Å². The summed E-state index contributed by atoms with van der Waals surface area (Å²) in [5, 5.41) is 8.24. The lowest BCUT2D eigenvalue weighted by Crippen LogP contribution is -2.50. The average Bonchev–Trinajstić information content (AvgIpc) is 3.28. The average molecular weight is 384 g/mol. The predicted molar refractivity (Wildman–Crippen MR) is 100 cm³/mol.